The summed E-state index contributed by atoms with van der Waals surface area (Å²) in [5, 5.41) is 9.22. The molecule has 1 heterocycles. The molecule has 19 heavy (non-hydrogen) atoms. The van der Waals surface area contributed by atoms with Crippen LogP contribution in [0.3, 0.4) is 0 Å². The van der Waals surface area contributed by atoms with E-state index < -0.39 is 0 Å². The smallest absolute Gasteiger partial charge is 0.291 e. The van der Waals surface area contributed by atoms with Crippen LogP contribution in [0.15, 0.2) is 24.3 Å². The zero-order chi connectivity index (χ0) is 13.7. The number of H-pyrrole nitrogens is 1. The predicted molar refractivity (Wildman–Crippen MR) is 69.4 cm³/mol. The van der Waals surface area contributed by atoms with Gasteiger partial charge in [0.1, 0.15) is 5.82 Å². The fourth-order valence-corrected chi connectivity index (χ4v) is 1.70. The van der Waals surface area contributed by atoms with Gasteiger partial charge in [-0.3, -0.25) is 9.89 Å². The molecule has 0 saturated heterocycles. The number of rotatable bonds is 5. The zero-order valence-electron chi connectivity index (χ0n) is 10.9. The van der Waals surface area contributed by atoms with Gasteiger partial charge in [0, 0.05) is 13.7 Å². The average molecular weight is 260 g/mol. The molecular formula is C13H16N4O2. The molecule has 6 heteroatoms. The number of aromatic amines is 1. The van der Waals surface area contributed by atoms with Gasteiger partial charge in [-0.05, 0) is 18.1 Å². The van der Waals surface area contributed by atoms with Crippen molar-refractivity contribution in [3.8, 4) is 0 Å². The highest BCUT2D eigenvalue weighted by atomic mass is 16.5. The first-order valence-corrected chi connectivity index (χ1v) is 5.93. The zero-order valence-corrected chi connectivity index (χ0v) is 10.9. The van der Waals surface area contributed by atoms with E-state index in [-0.39, 0.29) is 11.7 Å². The Morgan fingerprint density at radius 2 is 2.21 bits per heavy atom. The number of methoxy groups -OCH3 is 1. The van der Waals surface area contributed by atoms with Gasteiger partial charge >= 0.3 is 0 Å². The molecule has 0 bridgehead atoms. The van der Waals surface area contributed by atoms with E-state index in [4.69, 9.17) is 4.74 Å². The predicted octanol–water partition coefficient (Wildman–Crippen LogP) is 1.19. The van der Waals surface area contributed by atoms with Gasteiger partial charge in [0.2, 0.25) is 5.82 Å². The van der Waals surface area contributed by atoms with E-state index in [1.807, 2.05) is 24.3 Å². The number of ether oxygens (including phenoxy) is 1. The molecule has 100 valence electrons. The number of hydrogen-bond donors (Lipinski definition) is 2. The Balaban J connectivity index is 1.95. The molecule has 0 saturated carbocycles. The minimum absolute atomic E-state index is 0.158. The van der Waals surface area contributed by atoms with Crippen LogP contribution in [0.2, 0.25) is 0 Å². The van der Waals surface area contributed by atoms with E-state index >= 15 is 0 Å². The lowest BCUT2D eigenvalue weighted by atomic mass is 10.1. The van der Waals surface area contributed by atoms with E-state index in [0.717, 1.165) is 11.1 Å². The van der Waals surface area contributed by atoms with E-state index in [2.05, 4.69) is 20.5 Å². The van der Waals surface area contributed by atoms with Gasteiger partial charge in [0.25, 0.3) is 5.91 Å². The Morgan fingerprint density at radius 1 is 1.42 bits per heavy atom. The molecule has 0 fully saturated rings. The highest BCUT2D eigenvalue weighted by molar-refractivity contribution is 5.90. The van der Waals surface area contributed by atoms with E-state index in [0.29, 0.717) is 19.0 Å². The average Bonchev–Trinajstić information content (AvgIpc) is 2.84. The summed E-state index contributed by atoms with van der Waals surface area (Å²) >= 11 is 0. The van der Waals surface area contributed by atoms with Crippen LogP contribution in [0.5, 0.6) is 0 Å². The van der Waals surface area contributed by atoms with Crippen molar-refractivity contribution in [3.05, 3.63) is 47.0 Å². The van der Waals surface area contributed by atoms with Crippen molar-refractivity contribution in [1.82, 2.24) is 20.5 Å². The number of aryl methyl sites for hydroxylation is 1. The molecular weight excluding hydrogens is 244 g/mol. The highest BCUT2D eigenvalue weighted by Gasteiger charge is 2.10. The molecule has 2 rings (SSSR count). The van der Waals surface area contributed by atoms with Gasteiger partial charge in [0.15, 0.2) is 0 Å². The third-order valence-electron chi connectivity index (χ3n) is 2.56. The SMILES string of the molecule is COCc1cccc(CNC(=O)c2n[nH]c(C)n2)c1. The number of carbonyl (C=O) groups is 1. The van der Waals surface area contributed by atoms with Crippen LogP contribution in [0, 0.1) is 6.92 Å². The van der Waals surface area contributed by atoms with Crippen molar-refractivity contribution in [2.75, 3.05) is 7.11 Å². The monoisotopic (exact) mass is 260 g/mol. The highest BCUT2D eigenvalue weighted by Crippen LogP contribution is 2.06. The fourth-order valence-electron chi connectivity index (χ4n) is 1.70. The van der Waals surface area contributed by atoms with Gasteiger partial charge in [-0.25, -0.2) is 4.98 Å². The van der Waals surface area contributed by atoms with Crippen LogP contribution < -0.4 is 5.32 Å². The number of carbonyl (C=O) groups excluding carboxylic acids is 1. The molecule has 2 aromatic rings. The summed E-state index contributed by atoms with van der Waals surface area (Å²) < 4.78 is 5.07. The van der Waals surface area contributed by atoms with Crippen LogP contribution in [0.4, 0.5) is 0 Å². The minimum Gasteiger partial charge on any atom is -0.380 e. The van der Waals surface area contributed by atoms with Crippen molar-refractivity contribution in [2.24, 2.45) is 0 Å². The molecule has 6 nitrogen and oxygen atoms in total. The number of nitrogens with one attached hydrogen (secondary N) is 2. The molecule has 0 aliphatic rings. The summed E-state index contributed by atoms with van der Waals surface area (Å²) in [5.74, 6) is 0.485. The molecule has 1 aromatic carbocycles. The van der Waals surface area contributed by atoms with E-state index in [1.165, 1.54) is 0 Å². The summed E-state index contributed by atoms with van der Waals surface area (Å²) in [4.78, 5) is 15.7. The van der Waals surface area contributed by atoms with Crippen LogP contribution in [-0.4, -0.2) is 28.2 Å². The van der Waals surface area contributed by atoms with E-state index in [1.54, 1.807) is 14.0 Å². The van der Waals surface area contributed by atoms with Crippen LogP contribution >= 0.6 is 0 Å². The fraction of sp³-hybridized carbons (Fsp3) is 0.308. The summed E-state index contributed by atoms with van der Waals surface area (Å²) in [7, 11) is 1.65. The minimum atomic E-state index is -0.290. The Labute approximate surface area is 111 Å². The maximum atomic E-state index is 11.8. The summed E-state index contributed by atoms with van der Waals surface area (Å²) in [6, 6.07) is 7.86. The normalized spacial score (nSPS) is 10.4. The van der Waals surface area contributed by atoms with Crippen molar-refractivity contribution >= 4 is 5.91 Å². The second kappa shape index (κ2) is 6.10. The number of hydrogen-bond acceptors (Lipinski definition) is 4. The van der Waals surface area contributed by atoms with Gasteiger partial charge in [0.05, 0.1) is 6.61 Å². The molecule has 0 aliphatic heterocycles. The third-order valence-corrected chi connectivity index (χ3v) is 2.56. The van der Waals surface area contributed by atoms with Gasteiger partial charge < -0.3 is 10.1 Å². The topological polar surface area (TPSA) is 79.9 Å². The largest absolute Gasteiger partial charge is 0.380 e. The quantitative estimate of drug-likeness (QED) is 0.846. The number of nitrogens with zero attached hydrogens (tertiary/aromatic N) is 2. The molecule has 1 aromatic heterocycles. The van der Waals surface area contributed by atoms with Gasteiger partial charge in [-0.1, -0.05) is 24.3 Å². The third kappa shape index (κ3) is 3.62. The van der Waals surface area contributed by atoms with Crippen molar-refractivity contribution < 1.29 is 9.53 Å². The van der Waals surface area contributed by atoms with Crippen LogP contribution in [0.1, 0.15) is 27.6 Å². The first kappa shape index (κ1) is 13.2. The van der Waals surface area contributed by atoms with Crippen LogP contribution in [-0.2, 0) is 17.9 Å². The molecule has 2 N–H and O–H groups in total. The summed E-state index contributed by atoms with van der Waals surface area (Å²) in [6.45, 7) is 2.74. The van der Waals surface area contributed by atoms with Crippen molar-refractivity contribution in [3.63, 3.8) is 0 Å². The number of amides is 1. The Hall–Kier alpha value is -2.21. The molecule has 0 spiro atoms. The van der Waals surface area contributed by atoms with Crippen molar-refractivity contribution in [2.45, 2.75) is 20.1 Å². The first-order chi connectivity index (χ1) is 9.19. The molecule has 1 amide bonds. The first-order valence-electron chi connectivity index (χ1n) is 5.93. The van der Waals surface area contributed by atoms with Crippen LogP contribution in [0.25, 0.3) is 0 Å². The Morgan fingerprint density at radius 3 is 2.89 bits per heavy atom. The maximum absolute atomic E-state index is 11.8. The number of benzene rings is 1. The van der Waals surface area contributed by atoms with Gasteiger partial charge in [-0.15, -0.1) is 5.10 Å². The standard InChI is InChI=1S/C13H16N4O2/c1-9-15-12(17-16-9)13(18)14-7-10-4-3-5-11(6-10)8-19-2/h3-6H,7-8H2,1-2H3,(H,14,18)(H,15,16,17). The van der Waals surface area contributed by atoms with Crippen molar-refractivity contribution in [1.29, 1.82) is 0 Å². The molecule has 0 radical (unpaired) electrons. The second-order valence-corrected chi connectivity index (χ2v) is 4.18. The van der Waals surface area contributed by atoms with E-state index in [9.17, 15) is 4.79 Å². The maximum Gasteiger partial charge on any atom is 0.291 e. The molecule has 0 unspecified atom stereocenters. The second-order valence-electron chi connectivity index (χ2n) is 4.18. The lowest BCUT2D eigenvalue weighted by Gasteiger charge is -2.05. The molecule has 0 aliphatic carbocycles. The lowest BCUT2D eigenvalue weighted by Crippen LogP contribution is -2.24. The lowest BCUT2D eigenvalue weighted by molar-refractivity contribution is 0.0941. The van der Waals surface area contributed by atoms with Gasteiger partial charge in [-0.2, -0.15) is 0 Å². The summed E-state index contributed by atoms with van der Waals surface area (Å²) in [6.07, 6.45) is 0. The Bertz CT molecular complexity index is 565. The summed E-state index contributed by atoms with van der Waals surface area (Å²) in [5.41, 5.74) is 2.08. The Kier molecular flexibility index (Phi) is 4.25. The number of aromatic nitrogens is 3. The molecule has 0 atom stereocenters.